The van der Waals surface area contributed by atoms with Crippen LogP contribution in [0.25, 0.3) is 10.7 Å². The van der Waals surface area contributed by atoms with Crippen molar-refractivity contribution in [1.82, 2.24) is 14.9 Å². The number of hydrogen-bond donors (Lipinski definition) is 0. The van der Waals surface area contributed by atoms with Crippen LogP contribution in [0.15, 0.2) is 42.6 Å². The summed E-state index contributed by atoms with van der Waals surface area (Å²) >= 11 is 13.3. The normalized spacial score (nSPS) is 10.7. The van der Waals surface area contributed by atoms with Crippen molar-refractivity contribution in [1.29, 1.82) is 0 Å². The van der Waals surface area contributed by atoms with E-state index in [1.807, 2.05) is 31.2 Å². The SMILES string of the molecule is Cc1nc(-c2ccccn2)sc1C(=O)N(C)Cc1ccc(Cl)c(Cl)c1. The summed E-state index contributed by atoms with van der Waals surface area (Å²) < 4.78 is 0. The average molecular weight is 392 g/mol. The van der Waals surface area contributed by atoms with E-state index in [4.69, 9.17) is 23.2 Å². The summed E-state index contributed by atoms with van der Waals surface area (Å²) in [5.74, 6) is -0.0803. The molecule has 0 atom stereocenters. The molecule has 0 aliphatic heterocycles. The van der Waals surface area contributed by atoms with E-state index in [9.17, 15) is 4.79 Å². The van der Waals surface area contributed by atoms with Crippen molar-refractivity contribution in [2.75, 3.05) is 7.05 Å². The molecule has 0 saturated heterocycles. The summed E-state index contributed by atoms with van der Waals surface area (Å²) in [6.07, 6.45) is 1.71. The number of carbonyl (C=O) groups is 1. The maximum Gasteiger partial charge on any atom is 0.265 e. The highest BCUT2D eigenvalue weighted by atomic mass is 35.5. The molecule has 7 heteroatoms. The fourth-order valence-corrected chi connectivity index (χ4v) is 3.71. The molecule has 0 aliphatic carbocycles. The van der Waals surface area contributed by atoms with Gasteiger partial charge in [0.2, 0.25) is 0 Å². The number of carbonyl (C=O) groups excluding carboxylic acids is 1. The van der Waals surface area contributed by atoms with Crippen molar-refractivity contribution in [2.45, 2.75) is 13.5 Å². The Balaban J connectivity index is 1.80. The molecule has 3 aromatic rings. The molecule has 2 heterocycles. The van der Waals surface area contributed by atoms with Crippen LogP contribution in [0.1, 0.15) is 20.9 Å². The van der Waals surface area contributed by atoms with Crippen LogP contribution < -0.4 is 0 Å². The third-order valence-corrected chi connectivity index (χ3v) is 5.53. The number of halogens is 2. The van der Waals surface area contributed by atoms with Gasteiger partial charge in [0, 0.05) is 19.8 Å². The smallest absolute Gasteiger partial charge is 0.265 e. The van der Waals surface area contributed by atoms with Crippen molar-refractivity contribution in [2.24, 2.45) is 0 Å². The summed E-state index contributed by atoms with van der Waals surface area (Å²) in [7, 11) is 1.75. The van der Waals surface area contributed by atoms with Crippen LogP contribution in [0.4, 0.5) is 0 Å². The highest BCUT2D eigenvalue weighted by Crippen LogP contribution is 2.28. The number of aromatic nitrogens is 2. The first-order chi connectivity index (χ1) is 12.0. The molecule has 0 bridgehead atoms. The van der Waals surface area contributed by atoms with Gasteiger partial charge in [0.15, 0.2) is 0 Å². The van der Waals surface area contributed by atoms with E-state index in [1.54, 1.807) is 30.3 Å². The van der Waals surface area contributed by atoms with E-state index in [1.165, 1.54) is 11.3 Å². The van der Waals surface area contributed by atoms with Crippen LogP contribution in [-0.4, -0.2) is 27.8 Å². The first kappa shape index (κ1) is 17.9. The minimum atomic E-state index is -0.0803. The minimum Gasteiger partial charge on any atom is -0.337 e. The lowest BCUT2D eigenvalue weighted by Gasteiger charge is -2.17. The molecular formula is C18H15Cl2N3OS. The second-order valence-corrected chi connectivity index (χ2v) is 7.37. The monoisotopic (exact) mass is 391 g/mol. The van der Waals surface area contributed by atoms with Crippen LogP contribution in [0.3, 0.4) is 0 Å². The molecular weight excluding hydrogens is 377 g/mol. The van der Waals surface area contributed by atoms with Gasteiger partial charge in [0.25, 0.3) is 5.91 Å². The number of benzene rings is 1. The number of amides is 1. The van der Waals surface area contributed by atoms with Gasteiger partial charge in [-0.3, -0.25) is 9.78 Å². The van der Waals surface area contributed by atoms with Crippen LogP contribution in [0.2, 0.25) is 10.0 Å². The lowest BCUT2D eigenvalue weighted by atomic mass is 10.2. The molecule has 4 nitrogen and oxygen atoms in total. The van der Waals surface area contributed by atoms with Gasteiger partial charge in [0.1, 0.15) is 9.88 Å². The Labute approximate surface area is 160 Å². The van der Waals surface area contributed by atoms with Gasteiger partial charge < -0.3 is 4.90 Å². The Bertz CT molecular complexity index is 912. The zero-order valence-corrected chi connectivity index (χ0v) is 16.0. The molecule has 0 N–H and O–H groups in total. The number of rotatable bonds is 4. The van der Waals surface area contributed by atoms with E-state index >= 15 is 0 Å². The Morgan fingerprint density at radius 3 is 2.68 bits per heavy atom. The number of aryl methyl sites for hydroxylation is 1. The molecule has 0 aliphatic rings. The van der Waals surface area contributed by atoms with E-state index in [0.717, 1.165) is 16.3 Å². The largest absolute Gasteiger partial charge is 0.337 e. The van der Waals surface area contributed by atoms with Gasteiger partial charge in [-0.1, -0.05) is 35.3 Å². The molecule has 0 spiro atoms. The van der Waals surface area contributed by atoms with E-state index in [2.05, 4.69) is 9.97 Å². The fourth-order valence-electron chi connectivity index (χ4n) is 2.35. The van der Waals surface area contributed by atoms with E-state index in [0.29, 0.717) is 27.2 Å². The van der Waals surface area contributed by atoms with Crippen LogP contribution in [0, 0.1) is 6.92 Å². The summed E-state index contributed by atoms with van der Waals surface area (Å²) in [6, 6.07) is 11.0. The lowest BCUT2D eigenvalue weighted by Crippen LogP contribution is -2.26. The van der Waals surface area contributed by atoms with Crippen LogP contribution >= 0.6 is 34.5 Å². The van der Waals surface area contributed by atoms with Crippen LogP contribution in [-0.2, 0) is 6.54 Å². The molecule has 2 aromatic heterocycles. The predicted molar refractivity (Wildman–Crippen MR) is 102 cm³/mol. The predicted octanol–water partition coefficient (Wildman–Crippen LogP) is 5.09. The van der Waals surface area contributed by atoms with Gasteiger partial charge in [-0.05, 0) is 36.8 Å². The Kier molecular flexibility index (Phi) is 5.37. The molecule has 0 radical (unpaired) electrons. The quantitative estimate of drug-likeness (QED) is 0.621. The van der Waals surface area contributed by atoms with Crippen molar-refractivity contribution in [3.63, 3.8) is 0 Å². The van der Waals surface area contributed by atoms with Crippen molar-refractivity contribution in [3.05, 3.63) is 68.8 Å². The second kappa shape index (κ2) is 7.52. The van der Waals surface area contributed by atoms with Gasteiger partial charge >= 0.3 is 0 Å². The van der Waals surface area contributed by atoms with E-state index in [-0.39, 0.29) is 5.91 Å². The number of hydrogen-bond acceptors (Lipinski definition) is 4. The maximum atomic E-state index is 12.8. The summed E-state index contributed by atoms with van der Waals surface area (Å²) in [4.78, 5) is 23.8. The number of pyridine rings is 1. The first-order valence-electron chi connectivity index (χ1n) is 7.54. The molecule has 0 unspecified atom stereocenters. The van der Waals surface area contributed by atoms with Gasteiger partial charge in [0.05, 0.1) is 21.4 Å². The van der Waals surface area contributed by atoms with Gasteiger partial charge in [-0.2, -0.15) is 0 Å². The Morgan fingerprint density at radius 2 is 2.00 bits per heavy atom. The summed E-state index contributed by atoms with van der Waals surface area (Å²) in [5, 5.41) is 1.72. The first-order valence-corrected chi connectivity index (χ1v) is 9.11. The van der Waals surface area contributed by atoms with Gasteiger partial charge in [-0.15, -0.1) is 11.3 Å². The third-order valence-electron chi connectivity index (χ3n) is 3.63. The zero-order valence-electron chi connectivity index (χ0n) is 13.7. The van der Waals surface area contributed by atoms with E-state index < -0.39 is 0 Å². The average Bonchev–Trinajstić information content (AvgIpc) is 3.00. The summed E-state index contributed by atoms with van der Waals surface area (Å²) in [5.41, 5.74) is 2.38. The number of thiazole rings is 1. The third kappa shape index (κ3) is 4.00. The second-order valence-electron chi connectivity index (χ2n) is 5.56. The molecule has 0 fully saturated rings. The molecule has 128 valence electrons. The zero-order chi connectivity index (χ0) is 18.0. The molecule has 3 rings (SSSR count). The fraction of sp³-hybridized carbons (Fsp3) is 0.167. The molecule has 0 saturated carbocycles. The Morgan fingerprint density at radius 1 is 1.20 bits per heavy atom. The topological polar surface area (TPSA) is 46.1 Å². The van der Waals surface area contributed by atoms with Crippen molar-refractivity contribution < 1.29 is 4.79 Å². The molecule has 1 amide bonds. The highest BCUT2D eigenvalue weighted by molar-refractivity contribution is 7.17. The van der Waals surface area contributed by atoms with Crippen molar-refractivity contribution in [3.8, 4) is 10.7 Å². The van der Waals surface area contributed by atoms with Gasteiger partial charge in [-0.25, -0.2) is 4.98 Å². The van der Waals surface area contributed by atoms with Crippen molar-refractivity contribution >= 4 is 40.4 Å². The van der Waals surface area contributed by atoms with Crippen LogP contribution in [0.5, 0.6) is 0 Å². The highest BCUT2D eigenvalue weighted by Gasteiger charge is 2.20. The lowest BCUT2D eigenvalue weighted by molar-refractivity contribution is 0.0789. The minimum absolute atomic E-state index is 0.0803. The summed E-state index contributed by atoms with van der Waals surface area (Å²) in [6.45, 7) is 2.27. The number of nitrogens with zero attached hydrogens (tertiary/aromatic N) is 3. The molecule has 25 heavy (non-hydrogen) atoms. The Hall–Kier alpha value is -1.95. The standard InChI is InChI=1S/C18H15Cl2N3OS/c1-11-16(25-17(22-11)15-5-3-4-8-21-15)18(24)23(2)10-12-6-7-13(19)14(20)9-12/h3-9H,10H2,1-2H3. The molecule has 1 aromatic carbocycles. The maximum absolute atomic E-state index is 12.8.